The van der Waals surface area contributed by atoms with Crippen LogP contribution in [0.3, 0.4) is 0 Å². The van der Waals surface area contributed by atoms with Crippen molar-refractivity contribution in [3.8, 4) is 0 Å². The average Bonchev–Trinajstić information content (AvgIpc) is 2.40. The van der Waals surface area contributed by atoms with Crippen LogP contribution >= 0.6 is 0 Å². The Morgan fingerprint density at radius 3 is 2.59 bits per heavy atom. The van der Waals surface area contributed by atoms with Crippen molar-refractivity contribution in [2.75, 3.05) is 0 Å². The molecule has 2 rings (SSSR count). The zero-order valence-electron chi connectivity index (χ0n) is 10.3. The van der Waals surface area contributed by atoms with Gasteiger partial charge in [0.2, 0.25) is 0 Å². The summed E-state index contributed by atoms with van der Waals surface area (Å²) < 4.78 is 0. The number of aldehydes is 1. The van der Waals surface area contributed by atoms with Gasteiger partial charge >= 0.3 is 0 Å². The van der Waals surface area contributed by atoms with Gasteiger partial charge in [0.05, 0.1) is 0 Å². The molecule has 0 spiro atoms. The Morgan fingerprint density at radius 2 is 1.88 bits per heavy atom. The molecule has 1 aliphatic rings. The van der Waals surface area contributed by atoms with Crippen molar-refractivity contribution in [3.63, 3.8) is 0 Å². The summed E-state index contributed by atoms with van der Waals surface area (Å²) in [4.78, 5) is 11.0. The molecule has 1 N–H and O–H groups in total. The lowest BCUT2D eigenvalue weighted by Gasteiger charge is -2.23. The molecule has 0 aromatic heterocycles. The summed E-state index contributed by atoms with van der Waals surface area (Å²) in [7, 11) is 0. The van der Waals surface area contributed by atoms with Crippen molar-refractivity contribution in [2.24, 2.45) is 0 Å². The largest absolute Gasteiger partial charge is 0.382 e. The second-order valence-corrected chi connectivity index (χ2v) is 4.61. The Balaban J connectivity index is 2.10. The van der Waals surface area contributed by atoms with E-state index in [1.807, 2.05) is 18.2 Å². The van der Waals surface area contributed by atoms with Crippen LogP contribution in [0.2, 0.25) is 0 Å². The predicted molar refractivity (Wildman–Crippen MR) is 69.6 cm³/mol. The molecule has 0 amide bonds. The van der Waals surface area contributed by atoms with Crippen LogP contribution in [0.1, 0.15) is 44.2 Å². The van der Waals surface area contributed by atoms with E-state index in [-0.39, 0.29) is 6.04 Å². The molecular formula is C15H19NO. The van der Waals surface area contributed by atoms with E-state index in [2.05, 4.69) is 24.4 Å². The smallest absolute Gasteiger partial charge is 0.147 e. The number of allylic oxidation sites excluding steroid dienone is 2. The third-order valence-electron chi connectivity index (χ3n) is 3.34. The van der Waals surface area contributed by atoms with E-state index in [1.165, 1.54) is 12.0 Å². The molecule has 2 heteroatoms. The lowest BCUT2D eigenvalue weighted by atomic mass is 9.96. The molecule has 2 nitrogen and oxygen atoms in total. The highest BCUT2D eigenvalue weighted by molar-refractivity contribution is 5.74. The molecule has 0 saturated heterocycles. The van der Waals surface area contributed by atoms with E-state index in [4.69, 9.17) is 0 Å². The van der Waals surface area contributed by atoms with Gasteiger partial charge in [0.15, 0.2) is 0 Å². The average molecular weight is 229 g/mol. The minimum absolute atomic E-state index is 0.263. The minimum Gasteiger partial charge on any atom is -0.382 e. The number of hydrogen-bond donors (Lipinski definition) is 1. The highest BCUT2D eigenvalue weighted by Crippen LogP contribution is 2.24. The number of rotatable bonds is 4. The van der Waals surface area contributed by atoms with Gasteiger partial charge < -0.3 is 5.32 Å². The van der Waals surface area contributed by atoms with E-state index in [0.717, 1.165) is 36.8 Å². The molecule has 17 heavy (non-hydrogen) atoms. The monoisotopic (exact) mass is 229 g/mol. The number of nitrogens with one attached hydrogen (secondary N) is 1. The summed E-state index contributed by atoms with van der Waals surface area (Å²) >= 11 is 0. The molecule has 1 atom stereocenters. The summed E-state index contributed by atoms with van der Waals surface area (Å²) in [5.74, 6) is 0. The van der Waals surface area contributed by atoms with Gasteiger partial charge in [-0.3, -0.25) is 4.79 Å². The Bertz CT molecular complexity index is 408. The Hall–Kier alpha value is -1.57. The molecule has 1 aromatic rings. The molecule has 0 unspecified atom stereocenters. The molecule has 0 aliphatic heterocycles. The number of hydrogen-bond acceptors (Lipinski definition) is 2. The zero-order chi connectivity index (χ0) is 12.1. The summed E-state index contributed by atoms with van der Waals surface area (Å²) in [5.41, 5.74) is 3.36. The Labute approximate surface area is 103 Å². The fourth-order valence-electron chi connectivity index (χ4n) is 2.31. The number of benzene rings is 1. The standard InChI is InChI=1S/C15H19NO/c1-12(13-7-3-2-4-8-13)16-15-10-6-5-9-14(15)11-17/h2-4,7-8,11-12,16H,5-6,9-10H2,1H3/t12-/m1/s1. The van der Waals surface area contributed by atoms with E-state index in [9.17, 15) is 4.79 Å². The minimum atomic E-state index is 0.263. The quantitative estimate of drug-likeness (QED) is 0.802. The van der Waals surface area contributed by atoms with Gasteiger partial charge in [0, 0.05) is 17.3 Å². The van der Waals surface area contributed by atoms with Crippen LogP contribution < -0.4 is 5.32 Å². The zero-order valence-corrected chi connectivity index (χ0v) is 10.3. The first kappa shape index (κ1) is 11.9. The van der Waals surface area contributed by atoms with Crippen LogP contribution in [0.5, 0.6) is 0 Å². The topological polar surface area (TPSA) is 29.1 Å². The lowest BCUT2D eigenvalue weighted by Crippen LogP contribution is -2.21. The second-order valence-electron chi connectivity index (χ2n) is 4.61. The van der Waals surface area contributed by atoms with Crippen molar-refractivity contribution in [3.05, 3.63) is 47.2 Å². The van der Waals surface area contributed by atoms with E-state index in [1.54, 1.807) is 0 Å². The molecule has 0 saturated carbocycles. The highest BCUT2D eigenvalue weighted by Gasteiger charge is 2.14. The first-order valence-electron chi connectivity index (χ1n) is 6.30. The van der Waals surface area contributed by atoms with Crippen LogP contribution in [-0.2, 0) is 4.79 Å². The first-order valence-corrected chi connectivity index (χ1v) is 6.30. The van der Waals surface area contributed by atoms with Gasteiger partial charge in [-0.25, -0.2) is 0 Å². The summed E-state index contributed by atoms with van der Waals surface area (Å²) in [5, 5.41) is 3.48. The van der Waals surface area contributed by atoms with Crippen LogP contribution in [0.15, 0.2) is 41.6 Å². The maximum atomic E-state index is 11.0. The normalized spacial score (nSPS) is 17.7. The van der Waals surface area contributed by atoms with Gasteiger partial charge in [-0.2, -0.15) is 0 Å². The third kappa shape index (κ3) is 2.96. The van der Waals surface area contributed by atoms with Crippen molar-refractivity contribution in [1.82, 2.24) is 5.32 Å². The molecule has 1 aliphatic carbocycles. The molecule has 90 valence electrons. The number of carbonyl (C=O) groups excluding carboxylic acids is 1. The Kier molecular flexibility index (Phi) is 3.97. The Morgan fingerprint density at radius 1 is 1.18 bits per heavy atom. The molecule has 0 heterocycles. The van der Waals surface area contributed by atoms with Crippen molar-refractivity contribution < 1.29 is 4.79 Å². The molecule has 0 fully saturated rings. The molecule has 0 bridgehead atoms. The van der Waals surface area contributed by atoms with Gasteiger partial charge in [-0.05, 0) is 38.2 Å². The maximum Gasteiger partial charge on any atom is 0.147 e. The first-order chi connectivity index (χ1) is 8.31. The van der Waals surface area contributed by atoms with Crippen LogP contribution in [-0.4, -0.2) is 6.29 Å². The van der Waals surface area contributed by atoms with Crippen LogP contribution in [0.4, 0.5) is 0 Å². The van der Waals surface area contributed by atoms with Crippen molar-refractivity contribution in [2.45, 2.75) is 38.6 Å². The van der Waals surface area contributed by atoms with E-state index in [0.29, 0.717) is 0 Å². The van der Waals surface area contributed by atoms with Gasteiger partial charge in [0.25, 0.3) is 0 Å². The molecule has 1 aromatic carbocycles. The summed E-state index contributed by atoms with van der Waals surface area (Å²) in [6.45, 7) is 2.14. The molecular weight excluding hydrogens is 210 g/mol. The van der Waals surface area contributed by atoms with Crippen molar-refractivity contribution in [1.29, 1.82) is 0 Å². The SMILES string of the molecule is C[C@@H](NC1=C(C=O)CCCC1)c1ccccc1. The second kappa shape index (κ2) is 5.67. The van der Waals surface area contributed by atoms with E-state index >= 15 is 0 Å². The fourth-order valence-corrected chi connectivity index (χ4v) is 2.31. The highest BCUT2D eigenvalue weighted by atomic mass is 16.1. The summed E-state index contributed by atoms with van der Waals surface area (Å²) in [6.07, 6.45) is 5.26. The van der Waals surface area contributed by atoms with Crippen molar-refractivity contribution >= 4 is 6.29 Å². The van der Waals surface area contributed by atoms with Crippen LogP contribution in [0, 0.1) is 0 Å². The maximum absolute atomic E-state index is 11.0. The van der Waals surface area contributed by atoms with Gasteiger partial charge in [-0.1, -0.05) is 30.3 Å². The third-order valence-corrected chi connectivity index (χ3v) is 3.34. The predicted octanol–water partition coefficient (Wildman–Crippen LogP) is 3.36. The fraction of sp³-hybridized carbons (Fsp3) is 0.400. The van der Waals surface area contributed by atoms with E-state index < -0.39 is 0 Å². The van der Waals surface area contributed by atoms with Gasteiger partial charge in [0.1, 0.15) is 6.29 Å². The lowest BCUT2D eigenvalue weighted by molar-refractivity contribution is -0.105. The van der Waals surface area contributed by atoms with Crippen LogP contribution in [0.25, 0.3) is 0 Å². The summed E-state index contributed by atoms with van der Waals surface area (Å²) in [6, 6.07) is 10.6. The molecule has 0 radical (unpaired) electrons. The number of carbonyl (C=O) groups is 1. The van der Waals surface area contributed by atoms with Gasteiger partial charge in [-0.15, -0.1) is 0 Å².